The summed E-state index contributed by atoms with van der Waals surface area (Å²) in [5, 5.41) is 3.52. The van der Waals surface area contributed by atoms with Gasteiger partial charge in [0.25, 0.3) is 0 Å². The van der Waals surface area contributed by atoms with Crippen molar-refractivity contribution in [2.75, 3.05) is 54.6 Å². The topological polar surface area (TPSA) is 58.6 Å². The van der Waals surface area contributed by atoms with Crippen LogP contribution in [0.1, 0.15) is 25.0 Å². The highest BCUT2D eigenvalue weighted by molar-refractivity contribution is 5.79. The summed E-state index contributed by atoms with van der Waals surface area (Å²) in [5.41, 5.74) is 2.34. The number of rotatable bonds is 7. The minimum absolute atomic E-state index is 0.409. The number of nitrogens with one attached hydrogen (secondary N) is 1. The van der Waals surface area contributed by atoms with Crippen molar-refractivity contribution in [3.63, 3.8) is 0 Å². The first-order chi connectivity index (χ1) is 13.4. The molecule has 1 saturated heterocycles. The lowest BCUT2D eigenvalue weighted by atomic mass is 10.1. The van der Waals surface area contributed by atoms with Crippen LogP contribution in [0, 0.1) is 6.92 Å². The standard InChI is InChI=1S/C21H36N4O3/c1-15-10-19(26-6)20(27-7)11-18(15)13-24(5)21(22-4)23-12-16(2)25-8-9-28-14-17(25)3/h10-11,16-17H,8-9,12-14H2,1-7H3,(H,22,23). The van der Waals surface area contributed by atoms with E-state index in [0.717, 1.165) is 55.9 Å². The number of nitrogens with zero attached hydrogens (tertiary/aromatic N) is 3. The molecular formula is C21H36N4O3. The Kier molecular flexibility index (Phi) is 8.38. The molecule has 1 N–H and O–H groups in total. The van der Waals surface area contributed by atoms with Crippen LogP contribution in [-0.2, 0) is 11.3 Å². The van der Waals surface area contributed by atoms with Gasteiger partial charge in [0.05, 0.1) is 27.4 Å². The second-order valence-corrected chi connectivity index (χ2v) is 7.43. The fourth-order valence-electron chi connectivity index (χ4n) is 3.66. The third-order valence-electron chi connectivity index (χ3n) is 5.36. The number of hydrogen-bond donors (Lipinski definition) is 1. The van der Waals surface area contributed by atoms with E-state index in [4.69, 9.17) is 14.2 Å². The molecule has 1 aliphatic heterocycles. The molecule has 0 aromatic heterocycles. The first-order valence-corrected chi connectivity index (χ1v) is 9.88. The van der Waals surface area contributed by atoms with Gasteiger partial charge in [-0.3, -0.25) is 9.89 Å². The smallest absolute Gasteiger partial charge is 0.193 e. The first kappa shape index (κ1) is 22.3. The Morgan fingerprint density at radius 2 is 2.04 bits per heavy atom. The lowest BCUT2D eigenvalue weighted by molar-refractivity contribution is -0.0175. The molecular weight excluding hydrogens is 356 g/mol. The zero-order valence-corrected chi connectivity index (χ0v) is 18.4. The highest BCUT2D eigenvalue weighted by Crippen LogP contribution is 2.30. The average molecular weight is 393 g/mol. The largest absolute Gasteiger partial charge is 0.493 e. The van der Waals surface area contributed by atoms with Crippen molar-refractivity contribution in [1.29, 1.82) is 0 Å². The van der Waals surface area contributed by atoms with Gasteiger partial charge < -0.3 is 24.4 Å². The zero-order valence-electron chi connectivity index (χ0n) is 18.4. The Morgan fingerprint density at radius 1 is 1.36 bits per heavy atom. The summed E-state index contributed by atoms with van der Waals surface area (Å²) in [6.45, 7) is 10.7. The molecule has 1 aromatic carbocycles. The van der Waals surface area contributed by atoms with E-state index >= 15 is 0 Å². The van der Waals surface area contributed by atoms with Crippen LogP contribution in [0.5, 0.6) is 11.5 Å². The van der Waals surface area contributed by atoms with Crippen LogP contribution in [-0.4, -0.2) is 82.5 Å². The second kappa shape index (κ2) is 10.5. The molecule has 1 fully saturated rings. The predicted octanol–water partition coefficient (Wildman–Crippen LogP) is 2.13. The van der Waals surface area contributed by atoms with Gasteiger partial charge in [-0.2, -0.15) is 0 Å². The van der Waals surface area contributed by atoms with Crippen molar-refractivity contribution in [2.24, 2.45) is 4.99 Å². The lowest BCUT2D eigenvalue weighted by Crippen LogP contribution is -2.53. The number of benzene rings is 1. The minimum atomic E-state index is 0.409. The number of hydrogen-bond acceptors (Lipinski definition) is 5. The maximum atomic E-state index is 5.55. The molecule has 1 aliphatic rings. The molecule has 7 heteroatoms. The van der Waals surface area contributed by atoms with Crippen molar-refractivity contribution in [1.82, 2.24) is 15.1 Å². The molecule has 2 rings (SSSR count). The van der Waals surface area contributed by atoms with E-state index in [-0.39, 0.29) is 0 Å². The number of ether oxygens (including phenoxy) is 3. The van der Waals surface area contributed by atoms with Crippen molar-refractivity contribution >= 4 is 5.96 Å². The van der Waals surface area contributed by atoms with E-state index in [9.17, 15) is 0 Å². The summed E-state index contributed by atoms with van der Waals surface area (Å²) in [5.74, 6) is 2.37. The van der Waals surface area contributed by atoms with Gasteiger partial charge in [0.2, 0.25) is 0 Å². The van der Waals surface area contributed by atoms with Crippen molar-refractivity contribution in [3.05, 3.63) is 23.3 Å². The first-order valence-electron chi connectivity index (χ1n) is 9.88. The highest BCUT2D eigenvalue weighted by atomic mass is 16.5. The van der Waals surface area contributed by atoms with Crippen molar-refractivity contribution in [2.45, 2.75) is 39.4 Å². The molecule has 0 radical (unpaired) electrons. The van der Waals surface area contributed by atoms with E-state index in [0.29, 0.717) is 12.1 Å². The van der Waals surface area contributed by atoms with E-state index < -0.39 is 0 Å². The molecule has 0 saturated carbocycles. The van der Waals surface area contributed by atoms with Gasteiger partial charge in [-0.05, 0) is 44.0 Å². The zero-order chi connectivity index (χ0) is 20.7. The summed E-state index contributed by atoms with van der Waals surface area (Å²) >= 11 is 0. The van der Waals surface area contributed by atoms with Crippen LogP contribution in [0.4, 0.5) is 0 Å². The maximum absolute atomic E-state index is 5.55. The lowest BCUT2D eigenvalue weighted by Gasteiger charge is -2.38. The molecule has 2 unspecified atom stereocenters. The summed E-state index contributed by atoms with van der Waals surface area (Å²) in [6.07, 6.45) is 0. The number of aryl methyl sites for hydroxylation is 1. The number of guanidine groups is 1. The van der Waals surface area contributed by atoms with Crippen molar-refractivity contribution < 1.29 is 14.2 Å². The van der Waals surface area contributed by atoms with Crippen LogP contribution in [0.3, 0.4) is 0 Å². The Hall–Kier alpha value is -1.99. The minimum Gasteiger partial charge on any atom is -0.493 e. The molecule has 0 bridgehead atoms. The van der Waals surface area contributed by atoms with Gasteiger partial charge in [0.1, 0.15) is 0 Å². The second-order valence-electron chi connectivity index (χ2n) is 7.43. The van der Waals surface area contributed by atoms with Crippen LogP contribution in [0.15, 0.2) is 17.1 Å². The highest BCUT2D eigenvalue weighted by Gasteiger charge is 2.24. The monoisotopic (exact) mass is 392 g/mol. The van der Waals surface area contributed by atoms with Crippen molar-refractivity contribution in [3.8, 4) is 11.5 Å². The summed E-state index contributed by atoms with van der Waals surface area (Å²) in [4.78, 5) is 9.08. The van der Waals surface area contributed by atoms with E-state index in [1.807, 2.05) is 26.2 Å². The summed E-state index contributed by atoms with van der Waals surface area (Å²) in [6, 6.07) is 4.90. The quantitative estimate of drug-likeness (QED) is 0.567. The van der Waals surface area contributed by atoms with Gasteiger partial charge in [-0.25, -0.2) is 0 Å². The Labute approximate surface area is 169 Å². The van der Waals surface area contributed by atoms with E-state index in [1.54, 1.807) is 14.2 Å². The van der Waals surface area contributed by atoms with Gasteiger partial charge in [0, 0.05) is 45.8 Å². The van der Waals surface area contributed by atoms with Crippen LogP contribution in [0.25, 0.3) is 0 Å². The third kappa shape index (κ3) is 5.52. The molecule has 7 nitrogen and oxygen atoms in total. The molecule has 2 atom stereocenters. The molecule has 1 heterocycles. The number of aliphatic imine (C=N–C) groups is 1. The number of morpholine rings is 1. The molecule has 0 aliphatic carbocycles. The summed E-state index contributed by atoms with van der Waals surface area (Å²) in [7, 11) is 7.19. The normalized spacial score (nSPS) is 19.2. The average Bonchev–Trinajstić information content (AvgIpc) is 2.69. The molecule has 158 valence electrons. The Balaban J connectivity index is 1.99. The van der Waals surface area contributed by atoms with Crippen LogP contribution < -0.4 is 14.8 Å². The van der Waals surface area contributed by atoms with Gasteiger partial charge in [-0.1, -0.05) is 0 Å². The van der Waals surface area contributed by atoms with Crippen LogP contribution >= 0.6 is 0 Å². The molecule has 28 heavy (non-hydrogen) atoms. The van der Waals surface area contributed by atoms with Gasteiger partial charge >= 0.3 is 0 Å². The molecule has 0 spiro atoms. The van der Waals surface area contributed by atoms with E-state index in [2.05, 4.69) is 40.9 Å². The van der Waals surface area contributed by atoms with Crippen LogP contribution in [0.2, 0.25) is 0 Å². The third-order valence-corrected chi connectivity index (χ3v) is 5.36. The Bertz CT molecular complexity index is 665. The summed E-state index contributed by atoms with van der Waals surface area (Å²) < 4.78 is 16.4. The predicted molar refractivity (Wildman–Crippen MR) is 114 cm³/mol. The fraction of sp³-hybridized carbons (Fsp3) is 0.667. The molecule has 0 amide bonds. The number of methoxy groups -OCH3 is 2. The van der Waals surface area contributed by atoms with Gasteiger partial charge in [-0.15, -0.1) is 0 Å². The molecule has 1 aromatic rings. The SMILES string of the molecule is CN=C(NCC(C)N1CCOCC1C)N(C)Cc1cc(OC)c(OC)cc1C. The maximum Gasteiger partial charge on any atom is 0.193 e. The Morgan fingerprint density at radius 3 is 2.64 bits per heavy atom. The van der Waals surface area contributed by atoms with E-state index in [1.165, 1.54) is 5.56 Å². The van der Waals surface area contributed by atoms with Gasteiger partial charge in [0.15, 0.2) is 17.5 Å². The fourth-order valence-corrected chi connectivity index (χ4v) is 3.66.